The van der Waals surface area contributed by atoms with E-state index in [1.165, 1.54) is 106 Å². The molecular weight excluding hydrogens is 1240 g/mol. The first-order valence-corrected chi connectivity index (χ1v) is 35.7. The number of hydrogen-bond donors (Lipinski definition) is 0. The van der Waals surface area contributed by atoms with E-state index in [9.17, 15) is 5.26 Å². The maximum absolute atomic E-state index is 13.5. The van der Waals surface area contributed by atoms with Gasteiger partial charge in [0.1, 0.15) is 11.6 Å². The van der Waals surface area contributed by atoms with Crippen molar-refractivity contribution in [2.24, 2.45) is 0 Å². The number of hydrogen-bond acceptors (Lipinski definition) is 6. The largest absolute Gasteiger partial charge is 0.308 e. The fourth-order valence-corrected chi connectivity index (χ4v) is 22.0. The third kappa shape index (κ3) is 6.87. The molecule has 0 fully saturated rings. The van der Waals surface area contributed by atoms with Crippen LogP contribution in [0.5, 0.6) is 0 Å². The normalized spacial score (nSPS) is 12.5. The number of benzene rings is 14. The molecule has 4 nitrogen and oxygen atoms in total. The number of nitrogens with zero attached hydrogens (tertiary/aromatic N) is 4. The third-order valence-electron chi connectivity index (χ3n) is 20.1. The topological polar surface area (TPSA) is 38.6 Å². The zero-order valence-electron chi connectivity index (χ0n) is 49.7. The monoisotopic (exact) mass is 1280 g/mol. The Labute approximate surface area is 555 Å². The van der Waals surface area contributed by atoms with Crippen molar-refractivity contribution in [3.8, 4) is 45.4 Å². The Bertz CT molecular complexity index is 6880. The first-order chi connectivity index (χ1) is 46.6. The van der Waals surface area contributed by atoms with Crippen molar-refractivity contribution < 1.29 is 0 Å². The molecule has 22 rings (SSSR count). The van der Waals surface area contributed by atoms with E-state index in [-0.39, 0.29) is 0 Å². The second-order valence-corrected chi connectivity index (χ2v) is 30.1. The Morgan fingerprint density at radius 1 is 0.223 bits per heavy atom. The van der Waals surface area contributed by atoms with Gasteiger partial charge in [-0.2, -0.15) is 5.26 Å². The van der Waals surface area contributed by atoms with Gasteiger partial charge in [-0.05, 0) is 84.9 Å². The molecule has 8 aromatic heterocycles. The van der Waals surface area contributed by atoms with Crippen LogP contribution in [-0.4, -0.2) is 13.7 Å². The van der Waals surface area contributed by atoms with Crippen molar-refractivity contribution in [2.75, 3.05) is 0 Å². The minimum absolute atomic E-state index is 0.579. The van der Waals surface area contributed by atoms with E-state index in [1.54, 1.807) is 0 Å². The van der Waals surface area contributed by atoms with Crippen LogP contribution < -0.4 is 0 Å². The van der Waals surface area contributed by atoms with Gasteiger partial charge in [0.2, 0.25) is 0 Å². The summed E-state index contributed by atoms with van der Waals surface area (Å²) in [5.74, 6) is 0. The third-order valence-corrected chi connectivity index (χ3v) is 25.9. The molecule has 0 amide bonds. The molecule has 0 aliphatic carbocycles. The van der Waals surface area contributed by atoms with Crippen LogP contribution in [-0.2, 0) is 0 Å². The lowest BCUT2D eigenvalue weighted by molar-refractivity contribution is 1.09. The van der Waals surface area contributed by atoms with Gasteiger partial charge in [-0.25, -0.2) is 0 Å². The molecule has 9 heteroatoms. The second-order valence-electron chi connectivity index (χ2n) is 24.8. The molecular formula is C85H44N4S5. The van der Waals surface area contributed by atoms with Crippen LogP contribution in [0.15, 0.2) is 267 Å². The molecule has 0 saturated carbocycles. The first-order valence-electron chi connectivity index (χ1n) is 31.6. The standard InChI is InChI=1S/C85H44N4S5/c86-45-64-81(87-65-31-9-1-19-46(65)58-39-61-51-24-6-12-34-71(51)90-76(61)42-68(58)87)79(56-29-17-27-54-49-22-4-15-37-74(49)93-84(54)56)83(89-67-33-11-3-21-48(67)60-41-63-53-26-8-14-36-73(53)92-78(63)44-70(60)89)80(57-30-18-28-55-50-23-5-16-38-75(50)94-85(55)57)82(64)88-66-32-10-2-20-47(66)59-40-62-52-25-7-13-35-72(52)91-77(62)43-69(59)88/h1-44H. The van der Waals surface area contributed by atoms with Crippen LogP contribution >= 0.6 is 56.7 Å². The summed E-state index contributed by atoms with van der Waals surface area (Å²) in [6.07, 6.45) is 0. The summed E-state index contributed by atoms with van der Waals surface area (Å²) in [5, 5.41) is 32.6. The van der Waals surface area contributed by atoms with E-state index >= 15 is 0 Å². The summed E-state index contributed by atoms with van der Waals surface area (Å²) in [6.45, 7) is 0. The molecule has 0 atom stereocenters. The number of thiophene rings is 5. The first kappa shape index (κ1) is 51.7. The smallest absolute Gasteiger partial charge is 0.104 e. The molecule has 14 aromatic carbocycles. The lowest BCUT2D eigenvalue weighted by atomic mass is 9.87. The lowest BCUT2D eigenvalue weighted by Crippen LogP contribution is -2.13. The van der Waals surface area contributed by atoms with Crippen LogP contribution in [0.4, 0.5) is 0 Å². The van der Waals surface area contributed by atoms with Crippen molar-refractivity contribution in [3.05, 3.63) is 272 Å². The molecule has 0 aliphatic rings. The fourth-order valence-electron chi connectivity index (χ4n) is 16.2. The quantitative estimate of drug-likeness (QED) is 0.169. The van der Waals surface area contributed by atoms with Gasteiger partial charge in [0, 0.05) is 155 Å². The highest BCUT2D eigenvalue weighted by molar-refractivity contribution is 7.27. The van der Waals surface area contributed by atoms with Crippen LogP contribution in [0, 0.1) is 11.3 Å². The SMILES string of the molecule is N#Cc1c(-n2c3ccccc3c3cc4c(cc32)sc2ccccc24)c(-c2cccc3c2sc2ccccc23)c(-n2c3ccccc3c3cc4c(cc32)sc2ccccc24)c(-c2cccc3c2sc2ccccc23)c1-n1c2ccccc2c2cc3c(cc21)sc1ccccc13. The highest BCUT2D eigenvalue weighted by Crippen LogP contribution is 2.57. The van der Waals surface area contributed by atoms with Gasteiger partial charge in [0.05, 0.1) is 50.2 Å². The molecule has 0 bridgehead atoms. The van der Waals surface area contributed by atoms with Crippen LogP contribution in [0.2, 0.25) is 0 Å². The second kappa shape index (κ2) is 19.1. The van der Waals surface area contributed by atoms with E-state index in [1.807, 2.05) is 56.7 Å². The Balaban J connectivity index is 1.06. The molecule has 22 aromatic rings. The van der Waals surface area contributed by atoms with Gasteiger partial charge in [0.15, 0.2) is 0 Å². The predicted octanol–water partition coefficient (Wildman–Crippen LogP) is 26.0. The van der Waals surface area contributed by atoms with Crippen molar-refractivity contribution in [1.29, 1.82) is 5.26 Å². The summed E-state index contributed by atoms with van der Waals surface area (Å²) < 4.78 is 19.8. The molecule has 434 valence electrons. The van der Waals surface area contributed by atoms with E-state index in [2.05, 4.69) is 287 Å². The van der Waals surface area contributed by atoms with E-state index < -0.39 is 0 Å². The molecule has 8 heterocycles. The Morgan fingerprint density at radius 2 is 0.511 bits per heavy atom. The van der Waals surface area contributed by atoms with Crippen molar-refractivity contribution in [3.63, 3.8) is 0 Å². The molecule has 0 radical (unpaired) electrons. The predicted molar refractivity (Wildman–Crippen MR) is 409 cm³/mol. The molecule has 0 saturated heterocycles. The highest BCUT2D eigenvalue weighted by atomic mass is 32.1. The molecule has 0 aliphatic heterocycles. The van der Waals surface area contributed by atoms with Gasteiger partial charge in [-0.1, -0.05) is 182 Å². The number of fused-ring (bicyclic) bond motifs is 24. The lowest BCUT2D eigenvalue weighted by Gasteiger charge is -2.29. The van der Waals surface area contributed by atoms with E-state index in [0.29, 0.717) is 5.56 Å². The van der Waals surface area contributed by atoms with Gasteiger partial charge >= 0.3 is 0 Å². The summed E-state index contributed by atoms with van der Waals surface area (Å²) in [4.78, 5) is 0. The Hall–Kier alpha value is -10.9. The van der Waals surface area contributed by atoms with Crippen molar-refractivity contribution in [1.82, 2.24) is 13.7 Å². The molecule has 0 N–H and O–H groups in total. The average molecular weight is 1280 g/mol. The Kier molecular flexibility index (Phi) is 10.5. The van der Waals surface area contributed by atoms with Crippen LogP contribution in [0.3, 0.4) is 0 Å². The van der Waals surface area contributed by atoms with Crippen LogP contribution in [0.1, 0.15) is 5.56 Å². The summed E-state index contributed by atoms with van der Waals surface area (Å²) in [7, 11) is 0. The van der Waals surface area contributed by atoms with Gasteiger partial charge in [0.25, 0.3) is 0 Å². The van der Waals surface area contributed by atoms with Crippen LogP contribution in [0.25, 0.3) is 206 Å². The van der Waals surface area contributed by atoms with E-state index in [0.717, 1.165) is 99.3 Å². The van der Waals surface area contributed by atoms with Gasteiger partial charge in [-0.15, -0.1) is 56.7 Å². The summed E-state index contributed by atoms with van der Waals surface area (Å²) in [6, 6.07) is 103. The fraction of sp³-hybridized carbons (Fsp3) is 0. The summed E-state index contributed by atoms with van der Waals surface area (Å²) in [5.41, 5.74) is 13.7. The summed E-state index contributed by atoms with van der Waals surface area (Å²) >= 11 is 9.23. The van der Waals surface area contributed by atoms with E-state index in [4.69, 9.17) is 0 Å². The van der Waals surface area contributed by atoms with Crippen molar-refractivity contribution >= 4 is 223 Å². The number of aromatic nitrogens is 3. The highest BCUT2D eigenvalue weighted by Gasteiger charge is 2.36. The minimum Gasteiger partial charge on any atom is -0.308 e. The molecule has 0 spiro atoms. The Morgan fingerprint density at radius 3 is 0.862 bits per heavy atom. The average Bonchev–Trinajstić information content (AvgIpc) is 1.20. The van der Waals surface area contributed by atoms with Gasteiger partial charge in [-0.3, -0.25) is 0 Å². The van der Waals surface area contributed by atoms with Crippen molar-refractivity contribution in [2.45, 2.75) is 0 Å². The molecule has 94 heavy (non-hydrogen) atoms. The maximum atomic E-state index is 13.5. The number of para-hydroxylation sites is 3. The maximum Gasteiger partial charge on any atom is 0.104 e. The zero-order valence-corrected chi connectivity index (χ0v) is 53.8. The minimum atomic E-state index is 0.579. The molecule has 0 unspecified atom stereocenters. The zero-order chi connectivity index (χ0) is 61.2. The number of rotatable bonds is 5. The number of nitriles is 1. The van der Waals surface area contributed by atoms with Gasteiger partial charge < -0.3 is 13.7 Å².